The average Bonchev–Trinajstić information content (AvgIpc) is 3.02. The summed E-state index contributed by atoms with van der Waals surface area (Å²) in [5, 5.41) is 10.8. The van der Waals surface area contributed by atoms with Gasteiger partial charge in [-0.1, -0.05) is 0 Å². The molecule has 1 heterocycles. The summed E-state index contributed by atoms with van der Waals surface area (Å²) >= 11 is 0. The number of nitro groups is 1. The quantitative estimate of drug-likeness (QED) is 0.573. The van der Waals surface area contributed by atoms with E-state index in [1.54, 1.807) is 24.3 Å². The summed E-state index contributed by atoms with van der Waals surface area (Å²) in [5.41, 5.74) is 0.674. The molecule has 3 rings (SSSR count). The molecule has 27 heavy (non-hydrogen) atoms. The smallest absolute Gasteiger partial charge is 0.269 e. The Bertz CT molecular complexity index is 954. The molecule has 1 unspecified atom stereocenters. The molecule has 1 saturated heterocycles. The molecule has 0 N–H and O–H groups in total. The summed E-state index contributed by atoms with van der Waals surface area (Å²) in [5.74, 6) is 0.119. The molecule has 1 fully saturated rings. The third-order valence-electron chi connectivity index (χ3n) is 4.47. The zero-order valence-electron chi connectivity index (χ0n) is 14.6. The standard InChI is InChI=1S/C18H18N2O6S/c1-26-17-8-6-14(7-9-17)19(16-10-11-27(24,25)12-16)18(21)13-2-4-15(5-3-13)20(22)23/h2-9,16H,10-12H2,1H3. The minimum Gasteiger partial charge on any atom is -0.497 e. The number of methoxy groups -OCH3 is 1. The lowest BCUT2D eigenvalue weighted by Gasteiger charge is -2.28. The van der Waals surface area contributed by atoms with Crippen molar-refractivity contribution in [1.29, 1.82) is 0 Å². The first-order valence-corrected chi connectivity index (χ1v) is 10.1. The number of hydrogen-bond acceptors (Lipinski definition) is 6. The van der Waals surface area contributed by atoms with Crippen molar-refractivity contribution in [2.75, 3.05) is 23.5 Å². The molecule has 1 atom stereocenters. The van der Waals surface area contributed by atoms with Crippen molar-refractivity contribution in [2.24, 2.45) is 0 Å². The van der Waals surface area contributed by atoms with Gasteiger partial charge >= 0.3 is 0 Å². The van der Waals surface area contributed by atoms with Gasteiger partial charge in [-0.05, 0) is 42.8 Å². The number of carbonyl (C=O) groups is 1. The number of benzene rings is 2. The van der Waals surface area contributed by atoms with E-state index in [-0.39, 0.29) is 22.8 Å². The van der Waals surface area contributed by atoms with Crippen LogP contribution in [0.2, 0.25) is 0 Å². The fourth-order valence-corrected chi connectivity index (χ4v) is 4.78. The monoisotopic (exact) mass is 390 g/mol. The molecule has 0 spiro atoms. The molecule has 1 amide bonds. The summed E-state index contributed by atoms with van der Waals surface area (Å²) in [6.07, 6.45) is 0.340. The summed E-state index contributed by atoms with van der Waals surface area (Å²) in [7, 11) is -1.68. The molecule has 8 nitrogen and oxygen atoms in total. The van der Waals surface area contributed by atoms with Crippen molar-refractivity contribution in [3.8, 4) is 5.75 Å². The lowest BCUT2D eigenvalue weighted by molar-refractivity contribution is -0.384. The molecular formula is C18H18N2O6S. The van der Waals surface area contributed by atoms with E-state index >= 15 is 0 Å². The van der Waals surface area contributed by atoms with Crippen LogP contribution >= 0.6 is 0 Å². The first-order valence-electron chi connectivity index (χ1n) is 8.23. The maximum atomic E-state index is 13.1. The molecule has 0 aromatic heterocycles. The van der Waals surface area contributed by atoms with Crippen molar-refractivity contribution in [3.05, 3.63) is 64.2 Å². The second kappa shape index (κ2) is 7.36. The van der Waals surface area contributed by atoms with Gasteiger partial charge in [0.1, 0.15) is 5.75 Å². The van der Waals surface area contributed by atoms with E-state index in [0.717, 1.165) is 0 Å². The van der Waals surface area contributed by atoms with Gasteiger partial charge in [-0.25, -0.2) is 8.42 Å². The van der Waals surface area contributed by atoms with Gasteiger partial charge in [0.15, 0.2) is 9.84 Å². The Morgan fingerprint density at radius 3 is 2.26 bits per heavy atom. The van der Waals surface area contributed by atoms with Crippen LogP contribution < -0.4 is 9.64 Å². The van der Waals surface area contributed by atoms with Crippen LogP contribution in [-0.2, 0) is 9.84 Å². The number of non-ortho nitro benzene ring substituents is 1. The van der Waals surface area contributed by atoms with Gasteiger partial charge in [-0.2, -0.15) is 0 Å². The van der Waals surface area contributed by atoms with Gasteiger partial charge in [-0.15, -0.1) is 0 Å². The van der Waals surface area contributed by atoms with E-state index < -0.39 is 26.7 Å². The third kappa shape index (κ3) is 4.08. The van der Waals surface area contributed by atoms with Crippen molar-refractivity contribution in [3.63, 3.8) is 0 Å². The number of anilines is 1. The van der Waals surface area contributed by atoms with Crippen molar-refractivity contribution >= 4 is 27.1 Å². The van der Waals surface area contributed by atoms with Crippen LogP contribution in [0.4, 0.5) is 11.4 Å². The number of nitro benzene ring substituents is 1. The van der Waals surface area contributed by atoms with Gasteiger partial charge in [0.25, 0.3) is 11.6 Å². The Labute approximate surface area is 156 Å². The number of amides is 1. The Kier molecular flexibility index (Phi) is 5.13. The molecule has 142 valence electrons. The van der Waals surface area contributed by atoms with E-state index in [2.05, 4.69) is 0 Å². The molecule has 0 bridgehead atoms. The molecule has 2 aromatic carbocycles. The SMILES string of the molecule is COc1ccc(N(C(=O)c2ccc([N+](=O)[O-])cc2)C2CCS(=O)(=O)C2)cc1. The highest BCUT2D eigenvalue weighted by Gasteiger charge is 2.36. The highest BCUT2D eigenvalue weighted by molar-refractivity contribution is 7.91. The predicted molar refractivity (Wildman–Crippen MR) is 100.0 cm³/mol. The van der Waals surface area contributed by atoms with E-state index in [4.69, 9.17) is 4.74 Å². The van der Waals surface area contributed by atoms with Crippen molar-refractivity contribution in [1.82, 2.24) is 0 Å². The van der Waals surface area contributed by atoms with Crippen molar-refractivity contribution in [2.45, 2.75) is 12.5 Å². The summed E-state index contributed by atoms with van der Waals surface area (Å²) < 4.78 is 29.0. The largest absolute Gasteiger partial charge is 0.497 e. The average molecular weight is 390 g/mol. The van der Waals surface area contributed by atoms with E-state index in [1.807, 2.05) is 0 Å². The number of ether oxygens (including phenoxy) is 1. The molecule has 2 aromatic rings. The van der Waals surface area contributed by atoms with E-state index in [0.29, 0.717) is 17.9 Å². The normalized spacial score (nSPS) is 18.0. The fourth-order valence-electron chi connectivity index (χ4n) is 3.08. The van der Waals surface area contributed by atoms with Gasteiger partial charge in [-0.3, -0.25) is 14.9 Å². The van der Waals surface area contributed by atoms with Gasteiger partial charge < -0.3 is 9.64 Å². The van der Waals surface area contributed by atoms with E-state index in [9.17, 15) is 23.3 Å². The number of rotatable bonds is 5. The van der Waals surface area contributed by atoms with Crippen LogP contribution in [0.1, 0.15) is 16.8 Å². The first kappa shape index (κ1) is 18.8. The number of carbonyl (C=O) groups excluding carboxylic acids is 1. The Morgan fingerprint density at radius 1 is 1.15 bits per heavy atom. The van der Waals surface area contributed by atoms with Gasteiger partial charge in [0.05, 0.1) is 29.6 Å². The zero-order chi connectivity index (χ0) is 19.6. The maximum Gasteiger partial charge on any atom is 0.269 e. The van der Waals surface area contributed by atoms with Crippen molar-refractivity contribution < 1.29 is 22.9 Å². The minimum absolute atomic E-state index is 0.0257. The first-order chi connectivity index (χ1) is 12.8. The zero-order valence-corrected chi connectivity index (χ0v) is 15.4. The van der Waals surface area contributed by atoms with Crippen LogP contribution in [0.5, 0.6) is 5.75 Å². The molecule has 9 heteroatoms. The molecule has 1 aliphatic rings. The summed E-state index contributed by atoms with van der Waals surface area (Å²) in [6, 6.07) is 11.5. The van der Waals surface area contributed by atoms with Crippen LogP contribution in [0, 0.1) is 10.1 Å². The van der Waals surface area contributed by atoms with Crippen LogP contribution in [0.25, 0.3) is 0 Å². The minimum atomic E-state index is -3.20. The Morgan fingerprint density at radius 2 is 1.78 bits per heavy atom. The Hall–Kier alpha value is -2.94. The number of hydrogen-bond donors (Lipinski definition) is 0. The topological polar surface area (TPSA) is 107 Å². The van der Waals surface area contributed by atoms with Crippen LogP contribution in [0.15, 0.2) is 48.5 Å². The summed E-state index contributed by atoms with van der Waals surface area (Å²) in [6.45, 7) is 0. The lowest BCUT2D eigenvalue weighted by Crippen LogP contribution is -2.41. The van der Waals surface area contributed by atoms with Crippen LogP contribution in [0.3, 0.4) is 0 Å². The van der Waals surface area contributed by atoms with Crippen LogP contribution in [-0.4, -0.2) is 43.9 Å². The van der Waals surface area contributed by atoms with Gasteiger partial charge in [0, 0.05) is 23.4 Å². The molecular weight excluding hydrogens is 372 g/mol. The number of nitrogens with zero attached hydrogens (tertiary/aromatic N) is 2. The Balaban J connectivity index is 1.97. The van der Waals surface area contributed by atoms with Gasteiger partial charge in [0.2, 0.25) is 0 Å². The predicted octanol–water partition coefficient (Wildman–Crippen LogP) is 2.44. The van der Waals surface area contributed by atoms with E-state index in [1.165, 1.54) is 36.3 Å². The summed E-state index contributed by atoms with van der Waals surface area (Å²) in [4.78, 5) is 24.8. The molecule has 1 aliphatic heterocycles. The molecule has 0 radical (unpaired) electrons. The third-order valence-corrected chi connectivity index (χ3v) is 6.22. The lowest BCUT2D eigenvalue weighted by atomic mass is 10.1. The molecule has 0 saturated carbocycles. The highest BCUT2D eigenvalue weighted by atomic mass is 32.2. The maximum absolute atomic E-state index is 13.1. The second-order valence-corrected chi connectivity index (χ2v) is 8.46. The number of sulfone groups is 1. The highest BCUT2D eigenvalue weighted by Crippen LogP contribution is 2.28. The fraction of sp³-hybridized carbons (Fsp3) is 0.278. The second-order valence-electron chi connectivity index (χ2n) is 6.23. The molecule has 0 aliphatic carbocycles.